The van der Waals surface area contributed by atoms with Crippen LogP contribution in [0.5, 0.6) is 0 Å². The molecule has 4 rings (SSSR count). The molecule has 3 heterocycles. The van der Waals surface area contributed by atoms with E-state index in [1.165, 1.54) is 32.6 Å². The van der Waals surface area contributed by atoms with Gasteiger partial charge in [0.2, 0.25) is 5.91 Å². The van der Waals surface area contributed by atoms with E-state index in [1.54, 1.807) is 13.0 Å². The number of benzene rings is 1. The first kappa shape index (κ1) is 17.7. The van der Waals surface area contributed by atoms with Crippen molar-refractivity contribution in [2.45, 2.75) is 17.3 Å². The maximum absolute atomic E-state index is 13.0. The summed E-state index contributed by atoms with van der Waals surface area (Å²) in [5.74, 6) is -0.296. The molecule has 1 atom stereocenters. The van der Waals surface area contributed by atoms with E-state index in [-0.39, 0.29) is 17.5 Å². The molecule has 0 aliphatic carbocycles. The zero-order valence-electron chi connectivity index (χ0n) is 14.4. The summed E-state index contributed by atoms with van der Waals surface area (Å²) in [6.07, 6.45) is 0. The molecule has 27 heavy (non-hydrogen) atoms. The van der Waals surface area contributed by atoms with Crippen molar-refractivity contribution in [2.24, 2.45) is 0 Å². The Kier molecular flexibility index (Phi) is 4.71. The van der Waals surface area contributed by atoms with Crippen molar-refractivity contribution in [1.29, 1.82) is 0 Å². The monoisotopic (exact) mass is 400 g/mol. The molecule has 1 aromatic carbocycles. The summed E-state index contributed by atoms with van der Waals surface area (Å²) in [4.78, 5) is 43.9. The number of aromatic nitrogens is 2. The number of para-hydroxylation sites is 1. The fourth-order valence-corrected chi connectivity index (χ4v) is 4.68. The van der Waals surface area contributed by atoms with Crippen LogP contribution in [-0.4, -0.2) is 44.7 Å². The molecule has 0 unspecified atom stereocenters. The minimum absolute atomic E-state index is 0.173. The molecule has 2 aromatic heterocycles. The molecule has 3 aromatic rings. The van der Waals surface area contributed by atoms with E-state index in [0.717, 1.165) is 0 Å². The number of urea groups is 1. The van der Waals surface area contributed by atoms with Gasteiger partial charge in [-0.1, -0.05) is 30.0 Å². The lowest BCUT2D eigenvalue weighted by molar-refractivity contribution is -0.126. The molecule has 1 aliphatic heterocycles. The van der Waals surface area contributed by atoms with Crippen molar-refractivity contribution in [3.05, 3.63) is 52.1 Å². The molecular formula is C18H16N4O3S2. The van der Waals surface area contributed by atoms with E-state index in [9.17, 15) is 14.4 Å². The van der Waals surface area contributed by atoms with E-state index in [4.69, 9.17) is 0 Å². The van der Waals surface area contributed by atoms with Crippen LogP contribution in [0.3, 0.4) is 0 Å². The molecule has 138 valence electrons. The van der Waals surface area contributed by atoms with E-state index >= 15 is 0 Å². The van der Waals surface area contributed by atoms with Crippen LogP contribution in [0, 0.1) is 0 Å². The van der Waals surface area contributed by atoms with Gasteiger partial charge >= 0.3 is 6.03 Å². The molecule has 1 N–H and O–H groups in total. The highest BCUT2D eigenvalue weighted by Crippen LogP contribution is 2.27. The van der Waals surface area contributed by atoms with Crippen LogP contribution in [0.1, 0.15) is 6.92 Å². The summed E-state index contributed by atoms with van der Waals surface area (Å²) >= 11 is 2.57. The molecule has 1 saturated heterocycles. The van der Waals surface area contributed by atoms with Gasteiger partial charge in [0.05, 0.1) is 16.3 Å². The van der Waals surface area contributed by atoms with Gasteiger partial charge in [0, 0.05) is 13.1 Å². The quantitative estimate of drug-likeness (QED) is 0.537. The van der Waals surface area contributed by atoms with Gasteiger partial charge in [-0.05, 0) is 30.5 Å². The Hall–Kier alpha value is -2.65. The normalized spacial score (nSPS) is 15.1. The number of nitrogens with one attached hydrogen (secondary N) is 1. The zero-order chi connectivity index (χ0) is 19.0. The van der Waals surface area contributed by atoms with E-state index < -0.39 is 5.25 Å². The summed E-state index contributed by atoms with van der Waals surface area (Å²) in [5, 5.41) is 4.87. The number of imide groups is 1. The van der Waals surface area contributed by atoms with Gasteiger partial charge in [-0.2, -0.15) is 0 Å². The number of thiophene rings is 1. The van der Waals surface area contributed by atoms with Crippen LogP contribution in [0.25, 0.3) is 15.9 Å². The smallest absolute Gasteiger partial charge is 0.324 e. The number of rotatable bonds is 4. The minimum Gasteiger partial charge on any atom is -0.336 e. The maximum Gasteiger partial charge on any atom is 0.324 e. The third-order valence-corrected chi connectivity index (χ3v) is 6.08. The number of thioether (sulfide) groups is 1. The first-order chi connectivity index (χ1) is 13.1. The van der Waals surface area contributed by atoms with Gasteiger partial charge in [0.15, 0.2) is 5.16 Å². The van der Waals surface area contributed by atoms with Gasteiger partial charge < -0.3 is 5.32 Å². The third-order valence-electron chi connectivity index (χ3n) is 4.23. The zero-order valence-corrected chi connectivity index (χ0v) is 16.0. The number of carbonyl (C=O) groups excluding carboxylic acids is 2. The van der Waals surface area contributed by atoms with Crippen LogP contribution in [0.2, 0.25) is 0 Å². The molecular weight excluding hydrogens is 384 g/mol. The Labute approximate surface area is 163 Å². The van der Waals surface area contributed by atoms with Crippen molar-refractivity contribution in [3.8, 4) is 5.69 Å². The Morgan fingerprint density at radius 3 is 2.74 bits per heavy atom. The lowest BCUT2D eigenvalue weighted by Crippen LogP contribution is -2.39. The summed E-state index contributed by atoms with van der Waals surface area (Å²) in [6, 6.07) is 10.6. The van der Waals surface area contributed by atoms with Crippen LogP contribution in [0.4, 0.5) is 4.79 Å². The topological polar surface area (TPSA) is 84.3 Å². The highest BCUT2D eigenvalue weighted by atomic mass is 32.2. The van der Waals surface area contributed by atoms with Gasteiger partial charge in [0.1, 0.15) is 4.83 Å². The average Bonchev–Trinajstić information content (AvgIpc) is 3.31. The van der Waals surface area contributed by atoms with Crippen molar-refractivity contribution in [3.63, 3.8) is 0 Å². The number of hydrogen-bond acceptors (Lipinski definition) is 6. The van der Waals surface area contributed by atoms with Gasteiger partial charge in [-0.3, -0.25) is 19.1 Å². The SMILES string of the molecule is C[C@@H](Sc1nc2sccc2c(=O)n1-c1ccccc1)C(=O)N1CCNC1=O. The van der Waals surface area contributed by atoms with Crippen molar-refractivity contribution >= 4 is 45.3 Å². The molecule has 0 saturated carbocycles. The van der Waals surface area contributed by atoms with E-state index in [0.29, 0.717) is 34.1 Å². The predicted molar refractivity (Wildman–Crippen MR) is 106 cm³/mol. The van der Waals surface area contributed by atoms with Crippen molar-refractivity contribution in [1.82, 2.24) is 19.8 Å². The van der Waals surface area contributed by atoms with Crippen LogP contribution in [-0.2, 0) is 4.79 Å². The lowest BCUT2D eigenvalue weighted by atomic mass is 10.3. The molecule has 0 bridgehead atoms. The van der Waals surface area contributed by atoms with Crippen molar-refractivity contribution in [2.75, 3.05) is 13.1 Å². The van der Waals surface area contributed by atoms with Crippen LogP contribution >= 0.6 is 23.1 Å². The number of hydrogen-bond donors (Lipinski definition) is 1. The minimum atomic E-state index is -0.562. The van der Waals surface area contributed by atoms with Gasteiger partial charge in [-0.15, -0.1) is 11.3 Å². The van der Waals surface area contributed by atoms with Crippen LogP contribution < -0.4 is 10.9 Å². The molecule has 1 aliphatic rings. The Morgan fingerprint density at radius 1 is 1.26 bits per heavy atom. The number of fused-ring (bicyclic) bond motifs is 1. The molecule has 3 amide bonds. The summed E-state index contributed by atoms with van der Waals surface area (Å²) in [6.45, 7) is 2.53. The number of nitrogens with zero attached hydrogens (tertiary/aromatic N) is 3. The second kappa shape index (κ2) is 7.16. The average molecular weight is 400 g/mol. The number of amides is 3. The lowest BCUT2D eigenvalue weighted by Gasteiger charge is -2.19. The first-order valence-corrected chi connectivity index (χ1v) is 10.1. The van der Waals surface area contributed by atoms with E-state index in [2.05, 4.69) is 10.3 Å². The predicted octanol–water partition coefficient (Wildman–Crippen LogP) is 2.48. The van der Waals surface area contributed by atoms with Crippen molar-refractivity contribution < 1.29 is 9.59 Å². The Morgan fingerprint density at radius 2 is 2.04 bits per heavy atom. The summed E-state index contributed by atoms with van der Waals surface area (Å²) in [5.41, 5.74) is 0.512. The molecule has 9 heteroatoms. The first-order valence-electron chi connectivity index (χ1n) is 8.38. The molecule has 7 nitrogen and oxygen atoms in total. The number of carbonyl (C=O) groups is 2. The fraction of sp³-hybridized carbons (Fsp3) is 0.222. The summed E-state index contributed by atoms with van der Waals surface area (Å²) in [7, 11) is 0. The Bertz CT molecular complexity index is 1080. The molecule has 0 radical (unpaired) electrons. The third kappa shape index (κ3) is 3.24. The highest BCUT2D eigenvalue weighted by molar-refractivity contribution is 8.00. The largest absolute Gasteiger partial charge is 0.336 e. The maximum atomic E-state index is 13.0. The molecule has 1 fully saturated rings. The highest BCUT2D eigenvalue weighted by Gasteiger charge is 2.31. The second-order valence-electron chi connectivity index (χ2n) is 5.99. The van der Waals surface area contributed by atoms with E-state index in [1.807, 2.05) is 35.7 Å². The Balaban J connectivity index is 1.75. The summed E-state index contributed by atoms with van der Waals surface area (Å²) < 4.78 is 1.52. The fourth-order valence-electron chi connectivity index (χ4n) is 2.89. The van der Waals surface area contributed by atoms with Gasteiger partial charge in [0.25, 0.3) is 5.56 Å². The molecule has 0 spiro atoms. The van der Waals surface area contributed by atoms with Crippen LogP contribution in [0.15, 0.2) is 51.7 Å². The van der Waals surface area contributed by atoms with Gasteiger partial charge in [-0.25, -0.2) is 9.78 Å². The second-order valence-corrected chi connectivity index (χ2v) is 8.19. The standard InChI is InChI=1S/C18H16N4O3S2/c1-11(15(23)21-9-8-19-17(21)25)27-18-20-14-13(7-10-26-14)16(24)22(18)12-5-3-2-4-6-12/h2-7,10-11H,8-9H2,1H3,(H,19,25)/t11-/m1/s1.